The van der Waals surface area contributed by atoms with Crippen LogP contribution in [0.1, 0.15) is 11.1 Å². The summed E-state index contributed by atoms with van der Waals surface area (Å²) in [7, 11) is 0. The molecule has 0 unspecified atom stereocenters. The van der Waals surface area contributed by atoms with E-state index in [2.05, 4.69) is 25.3 Å². The maximum atomic E-state index is 12.0. The van der Waals surface area contributed by atoms with Crippen LogP contribution in [0, 0.1) is 0 Å². The maximum Gasteiger partial charge on any atom is 2.00 e. The van der Waals surface area contributed by atoms with Crippen molar-refractivity contribution < 1.29 is 45.8 Å². The van der Waals surface area contributed by atoms with Crippen molar-refractivity contribution in [3.8, 4) is 0 Å². The average Bonchev–Trinajstić information content (AvgIpc) is 2.43. The number of hydrogen-bond acceptors (Lipinski definition) is 4. The van der Waals surface area contributed by atoms with E-state index >= 15 is 0 Å². The van der Waals surface area contributed by atoms with Crippen LogP contribution in [0.25, 0.3) is 0 Å². The van der Waals surface area contributed by atoms with Crippen molar-refractivity contribution >= 4 is 36.6 Å². The van der Waals surface area contributed by atoms with E-state index in [1.54, 1.807) is 0 Å². The molecule has 0 spiro atoms. The predicted octanol–water partition coefficient (Wildman–Crippen LogP) is 4.38. The Morgan fingerprint density at radius 1 is 0.640 bits per heavy atom. The molecule has 0 saturated heterocycles. The van der Waals surface area contributed by atoms with E-state index in [-0.39, 0.29) is 40.6 Å². The molecule has 2 aromatic carbocycles. The third-order valence-corrected chi connectivity index (χ3v) is 3.42. The molecule has 0 bridgehead atoms. The van der Waals surface area contributed by atoms with Crippen LogP contribution in [0.4, 0.5) is 37.7 Å². The minimum absolute atomic E-state index is 0. The van der Waals surface area contributed by atoms with Gasteiger partial charge in [0.2, 0.25) is 0 Å². The standard InChI is InChI=1S/2C7H6F3NS.Zn/c2*8-7(9,10)4-1-2-6(12)5(11)3-4;/h2*1-3,12H,11H2;/q;;+2/p-2. The molecule has 0 fully saturated rings. The van der Waals surface area contributed by atoms with Gasteiger partial charge in [0.25, 0.3) is 0 Å². The summed E-state index contributed by atoms with van der Waals surface area (Å²) in [6.45, 7) is 0. The van der Waals surface area contributed by atoms with Crippen LogP contribution in [-0.2, 0) is 57.1 Å². The first kappa shape index (κ1) is 23.7. The molecule has 0 saturated carbocycles. The van der Waals surface area contributed by atoms with E-state index in [4.69, 9.17) is 11.5 Å². The van der Waals surface area contributed by atoms with Crippen LogP contribution in [0.5, 0.6) is 0 Å². The Labute approximate surface area is 163 Å². The number of halogens is 6. The molecule has 25 heavy (non-hydrogen) atoms. The van der Waals surface area contributed by atoms with E-state index in [9.17, 15) is 26.3 Å². The van der Waals surface area contributed by atoms with Gasteiger partial charge in [0, 0.05) is 11.4 Å². The first-order valence-corrected chi connectivity index (χ1v) is 6.91. The molecule has 11 heteroatoms. The van der Waals surface area contributed by atoms with Gasteiger partial charge in [0.1, 0.15) is 0 Å². The van der Waals surface area contributed by atoms with E-state index in [1.807, 2.05) is 0 Å². The fraction of sp³-hybridized carbons (Fsp3) is 0.143. The zero-order valence-electron chi connectivity index (χ0n) is 12.4. The summed E-state index contributed by atoms with van der Waals surface area (Å²) in [4.78, 5) is 0.478. The molecule has 0 heterocycles. The van der Waals surface area contributed by atoms with Gasteiger partial charge >= 0.3 is 31.8 Å². The Morgan fingerprint density at radius 3 is 1.12 bits per heavy atom. The first-order valence-electron chi connectivity index (χ1n) is 6.10. The van der Waals surface area contributed by atoms with Crippen LogP contribution >= 0.6 is 0 Å². The number of anilines is 2. The third-order valence-electron chi connectivity index (χ3n) is 2.67. The Hall–Kier alpha value is -1.32. The topological polar surface area (TPSA) is 52.0 Å². The Kier molecular flexibility index (Phi) is 8.40. The van der Waals surface area contributed by atoms with E-state index in [0.717, 1.165) is 24.3 Å². The molecule has 0 aliphatic carbocycles. The van der Waals surface area contributed by atoms with Crippen molar-refractivity contribution in [2.75, 3.05) is 11.5 Å². The van der Waals surface area contributed by atoms with Gasteiger partial charge in [0.15, 0.2) is 0 Å². The smallest absolute Gasteiger partial charge is 0.778 e. The molecule has 0 radical (unpaired) electrons. The number of nitrogen functional groups attached to an aromatic ring is 2. The summed E-state index contributed by atoms with van der Waals surface area (Å²) >= 11 is 9.29. The van der Waals surface area contributed by atoms with Crippen molar-refractivity contribution in [1.29, 1.82) is 0 Å². The van der Waals surface area contributed by atoms with Gasteiger partial charge < -0.3 is 36.7 Å². The van der Waals surface area contributed by atoms with Crippen molar-refractivity contribution in [2.45, 2.75) is 22.1 Å². The SMILES string of the molecule is Nc1cc(C(F)(F)F)ccc1[S-].Nc1cc(C(F)(F)F)ccc1[S-].[Zn+2]. The Balaban J connectivity index is 0.000000443. The van der Waals surface area contributed by atoms with Gasteiger partial charge in [-0.1, -0.05) is 24.3 Å². The second-order valence-electron chi connectivity index (χ2n) is 4.50. The summed E-state index contributed by atoms with van der Waals surface area (Å²) < 4.78 is 72.1. The number of alkyl halides is 6. The molecule has 0 aromatic heterocycles. The Morgan fingerprint density at radius 2 is 0.920 bits per heavy atom. The summed E-state index contributed by atoms with van der Waals surface area (Å²) in [6, 6.07) is 5.85. The molecule has 2 nitrogen and oxygen atoms in total. The Bertz CT molecular complexity index is 658. The number of hydrogen-bond donors (Lipinski definition) is 2. The monoisotopic (exact) mass is 448 g/mol. The van der Waals surface area contributed by atoms with Gasteiger partial charge in [-0.05, 0) is 12.1 Å². The summed E-state index contributed by atoms with van der Waals surface area (Å²) in [5, 5.41) is 0. The molecule has 0 atom stereocenters. The second kappa shape index (κ2) is 8.87. The van der Waals surface area contributed by atoms with Crippen LogP contribution in [0.15, 0.2) is 46.2 Å². The minimum atomic E-state index is -4.35. The summed E-state index contributed by atoms with van der Waals surface area (Å²) in [5.74, 6) is 0. The zero-order chi connectivity index (χ0) is 18.7. The fourth-order valence-corrected chi connectivity index (χ4v) is 1.70. The van der Waals surface area contributed by atoms with Crippen molar-refractivity contribution in [1.82, 2.24) is 0 Å². The second-order valence-corrected chi connectivity index (χ2v) is 5.38. The van der Waals surface area contributed by atoms with E-state index in [1.165, 1.54) is 12.1 Å². The molecular weight excluding hydrogens is 440 g/mol. The van der Waals surface area contributed by atoms with Crippen LogP contribution < -0.4 is 11.5 Å². The molecule has 0 aliphatic heterocycles. The zero-order valence-corrected chi connectivity index (χ0v) is 17.0. The molecule has 0 aliphatic rings. The van der Waals surface area contributed by atoms with Gasteiger partial charge in [-0.3, -0.25) is 0 Å². The van der Waals surface area contributed by atoms with Crippen LogP contribution in [0.2, 0.25) is 0 Å². The summed E-state index contributed by atoms with van der Waals surface area (Å²) in [6.07, 6.45) is -8.70. The quantitative estimate of drug-likeness (QED) is 0.271. The molecule has 132 valence electrons. The summed E-state index contributed by atoms with van der Waals surface area (Å²) in [5.41, 5.74) is 8.86. The number of rotatable bonds is 0. The van der Waals surface area contributed by atoms with Gasteiger partial charge in [-0.15, -0.1) is 0 Å². The molecule has 4 N–H and O–H groups in total. The van der Waals surface area contributed by atoms with E-state index in [0.29, 0.717) is 0 Å². The van der Waals surface area contributed by atoms with Gasteiger partial charge in [-0.25, -0.2) is 0 Å². The van der Waals surface area contributed by atoms with Gasteiger partial charge in [-0.2, -0.15) is 36.1 Å². The molecule has 2 aromatic rings. The van der Waals surface area contributed by atoms with Gasteiger partial charge in [0.05, 0.1) is 11.1 Å². The molecule has 0 amide bonds. The van der Waals surface area contributed by atoms with E-state index < -0.39 is 23.5 Å². The molecule has 2 rings (SSSR count). The largest absolute Gasteiger partial charge is 2.00 e. The van der Waals surface area contributed by atoms with Crippen molar-refractivity contribution in [2.24, 2.45) is 0 Å². The van der Waals surface area contributed by atoms with Crippen molar-refractivity contribution in [3.05, 3.63) is 47.5 Å². The normalized spacial score (nSPS) is 11.1. The fourth-order valence-electron chi connectivity index (χ4n) is 1.45. The first-order chi connectivity index (χ1) is 10.8. The van der Waals surface area contributed by atoms with Crippen LogP contribution in [0.3, 0.4) is 0 Å². The predicted molar refractivity (Wildman–Crippen MR) is 83.0 cm³/mol. The maximum absolute atomic E-state index is 12.0. The third kappa shape index (κ3) is 7.21. The average molecular weight is 450 g/mol. The number of benzene rings is 2. The van der Waals surface area contributed by atoms with Crippen molar-refractivity contribution in [3.63, 3.8) is 0 Å². The minimum Gasteiger partial charge on any atom is -0.778 e. The number of nitrogens with two attached hydrogens (primary N) is 2. The molecular formula is C14H10F6N2S2Zn. The van der Waals surface area contributed by atoms with Crippen LogP contribution in [-0.4, -0.2) is 0 Å².